The van der Waals surface area contributed by atoms with Gasteiger partial charge in [-0.2, -0.15) is 6.07 Å². The molecule has 8 rings (SSSR count). The maximum absolute atomic E-state index is 6.69. The van der Waals surface area contributed by atoms with Gasteiger partial charge in [-0.15, -0.1) is 34.7 Å². The summed E-state index contributed by atoms with van der Waals surface area (Å²) in [6, 6.07) is 39.2. The van der Waals surface area contributed by atoms with Crippen molar-refractivity contribution in [2.24, 2.45) is 0 Å². The van der Waals surface area contributed by atoms with Crippen LogP contribution in [0, 0.1) is 46.8 Å². The van der Waals surface area contributed by atoms with Gasteiger partial charge in [-0.05, 0) is 97.0 Å². The molecular weight excluding hydrogens is 832 g/mol. The van der Waals surface area contributed by atoms with E-state index in [0.29, 0.717) is 11.5 Å². The van der Waals surface area contributed by atoms with Crippen LogP contribution in [0.1, 0.15) is 54.2 Å². The summed E-state index contributed by atoms with van der Waals surface area (Å²) in [7, 11) is 0. The first kappa shape index (κ1) is 36.1. The second-order valence-electron chi connectivity index (χ2n) is 15.0. The number of benzene rings is 5. The molecule has 0 N–H and O–H groups in total. The Labute approximate surface area is 326 Å². The topological polar surface area (TPSA) is 44.9 Å². The van der Waals surface area contributed by atoms with E-state index in [4.69, 9.17) is 14.7 Å². The predicted molar refractivity (Wildman–Crippen MR) is 213 cm³/mol. The summed E-state index contributed by atoms with van der Waals surface area (Å²) in [5, 5.41) is 2.22. The molecule has 0 amide bonds. The van der Waals surface area contributed by atoms with Gasteiger partial charge < -0.3 is 13.9 Å². The third kappa shape index (κ3) is 6.64. The molecule has 266 valence electrons. The van der Waals surface area contributed by atoms with Crippen LogP contribution in [0.25, 0.3) is 55.8 Å². The van der Waals surface area contributed by atoms with Crippen molar-refractivity contribution < 1.29 is 25.8 Å². The minimum Gasteiger partial charge on any atom is -0.503 e. The molecule has 0 unspecified atom stereocenters. The largest absolute Gasteiger partial charge is 2.00 e. The number of ether oxygens (including phenoxy) is 1. The summed E-state index contributed by atoms with van der Waals surface area (Å²) in [5.41, 5.74) is 13.5. The first-order chi connectivity index (χ1) is 25.0. The Balaban J connectivity index is 0.00000435. The van der Waals surface area contributed by atoms with Gasteiger partial charge in [0, 0.05) is 41.3 Å². The number of hydrogen-bond acceptors (Lipinski definition) is 3. The number of para-hydroxylation sites is 2. The summed E-state index contributed by atoms with van der Waals surface area (Å²) in [5.74, 6) is 2.86. The average Bonchev–Trinajstić information content (AvgIpc) is 3.70. The van der Waals surface area contributed by atoms with Crippen LogP contribution in [-0.4, -0.2) is 19.1 Å². The fourth-order valence-corrected chi connectivity index (χ4v) is 7.64. The number of rotatable bonds is 6. The van der Waals surface area contributed by atoms with Crippen LogP contribution in [0.2, 0.25) is 0 Å². The average molecular weight is 874 g/mol. The van der Waals surface area contributed by atoms with Crippen LogP contribution in [0.15, 0.2) is 110 Å². The van der Waals surface area contributed by atoms with Crippen molar-refractivity contribution >= 4 is 21.8 Å². The van der Waals surface area contributed by atoms with E-state index < -0.39 is 0 Å². The first-order valence-corrected chi connectivity index (χ1v) is 17.8. The standard InChI is InChI=1S/C47H42N4O.Pt/c1-29-22-32(4)44(33(5)23-29)34-18-19-48-43(26-34)51-41-15-10-9-14-39(41)40-17-16-37(28-42(40)51)52-38-25-35(24-36(27-38)47(6,7)8)46-49-20-21-50(46)45-30(2)12-11-13-31(45)3;/h9-24,26-27H,1-8H3;/q-2;+2. The Hall–Kier alpha value is -5.25. The van der Waals surface area contributed by atoms with E-state index in [9.17, 15) is 0 Å². The van der Waals surface area contributed by atoms with Crippen molar-refractivity contribution in [1.29, 1.82) is 0 Å². The molecule has 3 heterocycles. The van der Waals surface area contributed by atoms with Crippen LogP contribution < -0.4 is 4.74 Å². The Morgan fingerprint density at radius 2 is 1.40 bits per heavy atom. The molecule has 0 aliphatic heterocycles. The van der Waals surface area contributed by atoms with Crippen molar-refractivity contribution in [3.8, 4) is 45.5 Å². The first-order valence-electron chi connectivity index (χ1n) is 17.8. The number of aromatic nitrogens is 4. The minimum absolute atomic E-state index is 0. The van der Waals surface area contributed by atoms with Gasteiger partial charge in [-0.25, -0.2) is 4.98 Å². The quantitative estimate of drug-likeness (QED) is 0.156. The third-order valence-corrected chi connectivity index (χ3v) is 9.99. The van der Waals surface area contributed by atoms with Crippen LogP contribution in [-0.2, 0) is 26.5 Å². The van der Waals surface area contributed by atoms with E-state index in [1.807, 2.05) is 24.7 Å². The maximum atomic E-state index is 6.69. The fourth-order valence-electron chi connectivity index (χ4n) is 7.64. The van der Waals surface area contributed by atoms with Crippen molar-refractivity contribution in [1.82, 2.24) is 19.1 Å². The van der Waals surface area contributed by atoms with Gasteiger partial charge in [-0.1, -0.05) is 92.5 Å². The van der Waals surface area contributed by atoms with Gasteiger partial charge in [0.05, 0.1) is 5.82 Å². The molecule has 8 aromatic rings. The van der Waals surface area contributed by atoms with Crippen LogP contribution in [0.4, 0.5) is 0 Å². The van der Waals surface area contributed by atoms with Gasteiger partial charge in [0.2, 0.25) is 0 Å². The van der Waals surface area contributed by atoms with Gasteiger partial charge in [0.15, 0.2) is 0 Å². The zero-order chi connectivity index (χ0) is 36.3. The number of imidazole rings is 1. The molecule has 53 heavy (non-hydrogen) atoms. The number of aryl methyl sites for hydroxylation is 5. The van der Waals surface area contributed by atoms with Crippen molar-refractivity contribution in [2.45, 2.75) is 60.8 Å². The van der Waals surface area contributed by atoms with E-state index in [0.717, 1.165) is 55.8 Å². The van der Waals surface area contributed by atoms with Crippen LogP contribution >= 0.6 is 0 Å². The van der Waals surface area contributed by atoms with Crippen molar-refractivity contribution in [3.05, 3.63) is 155 Å². The molecule has 0 bridgehead atoms. The normalized spacial score (nSPS) is 11.6. The molecule has 0 atom stereocenters. The molecule has 0 aliphatic rings. The number of nitrogens with zero attached hydrogens (tertiary/aromatic N) is 4. The summed E-state index contributed by atoms with van der Waals surface area (Å²) in [6.45, 7) is 17.4. The van der Waals surface area contributed by atoms with E-state index in [1.165, 1.54) is 33.4 Å². The summed E-state index contributed by atoms with van der Waals surface area (Å²) in [6.07, 6.45) is 5.78. The maximum Gasteiger partial charge on any atom is 2.00 e. The molecule has 0 saturated heterocycles. The molecule has 3 aromatic heterocycles. The van der Waals surface area contributed by atoms with Crippen LogP contribution in [0.3, 0.4) is 0 Å². The van der Waals surface area contributed by atoms with E-state index in [-0.39, 0.29) is 26.5 Å². The minimum atomic E-state index is -0.136. The van der Waals surface area contributed by atoms with Gasteiger partial charge in [0.1, 0.15) is 5.82 Å². The predicted octanol–water partition coefficient (Wildman–Crippen LogP) is 11.9. The Morgan fingerprint density at radius 1 is 0.660 bits per heavy atom. The number of hydrogen-bond donors (Lipinski definition) is 0. The zero-order valence-electron chi connectivity index (χ0n) is 31.4. The van der Waals surface area contributed by atoms with E-state index in [1.54, 1.807) is 0 Å². The van der Waals surface area contributed by atoms with Crippen LogP contribution in [0.5, 0.6) is 11.5 Å². The summed E-state index contributed by atoms with van der Waals surface area (Å²) in [4.78, 5) is 9.74. The second kappa shape index (κ2) is 13.9. The fraction of sp³-hybridized carbons (Fsp3) is 0.191. The van der Waals surface area contributed by atoms with Crippen molar-refractivity contribution in [3.63, 3.8) is 0 Å². The Morgan fingerprint density at radius 3 is 2.13 bits per heavy atom. The smallest absolute Gasteiger partial charge is 0.503 e. The molecular formula is C47H42N4OPt. The van der Waals surface area contributed by atoms with Crippen molar-refractivity contribution in [2.75, 3.05) is 0 Å². The van der Waals surface area contributed by atoms with E-state index in [2.05, 4.69) is 162 Å². The van der Waals surface area contributed by atoms with Gasteiger partial charge >= 0.3 is 21.1 Å². The monoisotopic (exact) mass is 873 g/mol. The molecule has 6 heteroatoms. The number of fused-ring (bicyclic) bond motifs is 3. The summed E-state index contributed by atoms with van der Waals surface area (Å²) < 4.78 is 11.0. The molecule has 5 nitrogen and oxygen atoms in total. The molecule has 0 fully saturated rings. The Bertz CT molecular complexity index is 2610. The molecule has 0 aliphatic carbocycles. The molecule has 0 saturated carbocycles. The SMILES string of the molecule is Cc1cc(C)c(-c2ccnc(-n3c4[c-]c(Oc5[c-]c(-c6nccn6-c6c(C)cccc6C)cc(C(C)(C)C)c5)ccc4c4ccccc43)c2)c(C)c1.[Pt+2]. The second-order valence-corrected chi connectivity index (χ2v) is 15.0. The molecule has 0 radical (unpaired) electrons. The number of pyridine rings is 1. The van der Waals surface area contributed by atoms with E-state index >= 15 is 0 Å². The molecule has 5 aromatic carbocycles. The summed E-state index contributed by atoms with van der Waals surface area (Å²) >= 11 is 0. The zero-order valence-corrected chi connectivity index (χ0v) is 33.7. The van der Waals surface area contributed by atoms with Gasteiger partial charge in [-0.3, -0.25) is 4.98 Å². The van der Waals surface area contributed by atoms with Gasteiger partial charge in [0.25, 0.3) is 0 Å². The molecule has 0 spiro atoms. The Kier molecular flexibility index (Phi) is 9.51. The third-order valence-electron chi connectivity index (χ3n) is 9.99.